The molecule has 0 N–H and O–H groups in total. The van der Waals surface area contributed by atoms with Crippen LogP contribution in [0.15, 0.2) is 17.5 Å². The average Bonchev–Trinajstić information content (AvgIpc) is 2.85. The molecule has 0 bridgehead atoms. The summed E-state index contributed by atoms with van der Waals surface area (Å²) in [5, 5.41) is 1.98. The number of carbonyl (C=O) groups is 1. The Hall–Kier alpha value is -0.670. The molecular weight excluding hydrogens is 230 g/mol. The summed E-state index contributed by atoms with van der Waals surface area (Å²) >= 11 is 1.56. The van der Waals surface area contributed by atoms with Crippen molar-refractivity contribution in [2.24, 2.45) is 0 Å². The fourth-order valence-electron chi connectivity index (χ4n) is 2.63. The summed E-state index contributed by atoms with van der Waals surface area (Å²) in [5.41, 5.74) is 0. The van der Waals surface area contributed by atoms with Crippen molar-refractivity contribution in [2.75, 3.05) is 13.1 Å². The van der Waals surface area contributed by atoms with E-state index in [1.807, 2.05) is 17.5 Å². The number of nitrogens with zero attached hydrogens (tertiary/aromatic N) is 1. The van der Waals surface area contributed by atoms with Crippen LogP contribution >= 0.6 is 11.3 Å². The van der Waals surface area contributed by atoms with E-state index in [-0.39, 0.29) is 0 Å². The highest BCUT2D eigenvalue weighted by Crippen LogP contribution is 2.21. The lowest BCUT2D eigenvalue weighted by Crippen LogP contribution is -2.42. The maximum atomic E-state index is 12.1. The maximum Gasteiger partial charge on any atom is 0.186 e. The van der Waals surface area contributed by atoms with Crippen molar-refractivity contribution >= 4 is 17.1 Å². The first-order chi connectivity index (χ1) is 8.31. The zero-order valence-electron chi connectivity index (χ0n) is 10.5. The Morgan fingerprint density at radius 2 is 2.41 bits per heavy atom. The van der Waals surface area contributed by atoms with Crippen LogP contribution in [0.1, 0.15) is 48.7 Å². The van der Waals surface area contributed by atoms with Crippen LogP contribution < -0.4 is 0 Å². The molecule has 1 aromatic rings. The number of hydrogen-bond acceptors (Lipinski definition) is 3. The molecule has 1 unspecified atom stereocenters. The predicted octanol–water partition coefficient (Wildman–Crippen LogP) is 3.59. The van der Waals surface area contributed by atoms with E-state index in [2.05, 4.69) is 11.8 Å². The normalized spacial score (nSPS) is 21.6. The van der Waals surface area contributed by atoms with Crippen molar-refractivity contribution in [3.63, 3.8) is 0 Å². The molecule has 0 saturated carbocycles. The molecular formula is C14H21NOS. The smallest absolute Gasteiger partial charge is 0.186 e. The van der Waals surface area contributed by atoms with Gasteiger partial charge in [0.1, 0.15) is 0 Å². The second kappa shape index (κ2) is 6.31. The molecule has 1 aromatic heterocycles. The number of piperidine rings is 1. The van der Waals surface area contributed by atoms with Gasteiger partial charge < -0.3 is 0 Å². The molecule has 2 heterocycles. The summed E-state index contributed by atoms with van der Waals surface area (Å²) in [4.78, 5) is 15.4. The van der Waals surface area contributed by atoms with E-state index < -0.39 is 0 Å². The SMILES string of the molecule is CCCC1CCCCN1CC(=O)c1cccs1. The number of likely N-dealkylation sites (tertiary alicyclic amines) is 1. The van der Waals surface area contributed by atoms with Crippen LogP contribution in [-0.2, 0) is 0 Å². The molecule has 0 spiro atoms. The number of carbonyl (C=O) groups excluding carboxylic acids is 1. The second-order valence-corrected chi connectivity index (χ2v) is 5.76. The average molecular weight is 251 g/mol. The standard InChI is InChI=1S/C14H21NOS/c1-2-6-12-7-3-4-9-15(12)11-13(16)14-8-5-10-17-14/h5,8,10,12H,2-4,6-7,9,11H2,1H3. The topological polar surface area (TPSA) is 20.3 Å². The van der Waals surface area contributed by atoms with Crippen LogP contribution in [0, 0.1) is 0 Å². The maximum absolute atomic E-state index is 12.1. The third-order valence-electron chi connectivity index (χ3n) is 3.51. The minimum Gasteiger partial charge on any atom is -0.293 e. The molecule has 0 aromatic carbocycles. The van der Waals surface area contributed by atoms with E-state index in [9.17, 15) is 4.79 Å². The molecule has 2 rings (SSSR count). The summed E-state index contributed by atoms with van der Waals surface area (Å²) in [7, 11) is 0. The van der Waals surface area contributed by atoms with Gasteiger partial charge in [0.05, 0.1) is 11.4 Å². The van der Waals surface area contributed by atoms with Crippen LogP contribution in [0.25, 0.3) is 0 Å². The van der Waals surface area contributed by atoms with E-state index in [4.69, 9.17) is 0 Å². The first-order valence-corrected chi connectivity index (χ1v) is 7.50. The predicted molar refractivity (Wildman–Crippen MR) is 72.8 cm³/mol. The van der Waals surface area contributed by atoms with Gasteiger partial charge in [-0.05, 0) is 37.3 Å². The molecule has 0 amide bonds. The van der Waals surface area contributed by atoms with Gasteiger partial charge in [0, 0.05) is 6.04 Å². The lowest BCUT2D eigenvalue weighted by molar-refractivity contribution is 0.0835. The lowest BCUT2D eigenvalue weighted by atomic mass is 9.98. The van der Waals surface area contributed by atoms with Gasteiger partial charge in [-0.25, -0.2) is 0 Å². The number of Topliss-reactive ketones (excluding diaryl/α,β-unsaturated/α-hetero) is 1. The van der Waals surface area contributed by atoms with Crippen molar-refractivity contribution in [3.8, 4) is 0 Å². The van der Waals surface area contributed by atoms with Gasteiger partial charge in [-0.15, -0.1) is 11.3 Å². The van der Waals surface area contributed by atoms with Gasteiger partial charge in [0.25, 0.3) is 0 Å². The van der Waals surface area contributed by atoms with Crippen LogP contribution in [0.3, 0.4) is 0 Å². The molecule has 1 aliphatic heterocycles. The summed E-state index contributed by atoms with van der Waals surface area (Å²) in [6.07, 6.45) is 6.30. The number of hydrogen-bond donors (Lipinski definition) is 0. The Labute approximate surface area is 108 Å². The van der Waals surface area contributed by atoms with Crippen molar-refractivity contribution in [1.29, 1.82) is 0 Å². The molecule has 1 saturated heterocycles. The molecule has 2 nitrogen and oxygen atoms in total. The van der Waals surface area contributed by atoms with Crippen molar-refractivity contribution < 1.29 is 4.79 Å². The van der Waals surface area contributed by atoms with Crippen molar-refractivity contribution in [2.45, 2.75) is 45.1 Å². The third kappa shape index (κ3) is 3.39. The summed E-state index contributed by atoms with van der Waals surface area (Å²) in [5.74, 6) is 0.294. The highest BCUT2D eigenvalue weighted by atomic mass is 32.1. The zero-order valence-corrected chi connectivity index (χ0v) is 11.3. The van der Waals surface area contributed by atoms with E-state index in [1.165, 1.54) is 32.1 Å². The van der Waals surface area contributed by atoms with Gasteiger partial charge in [-0.2, -0.15) is 0 Å². The van der Waals surface area contributed by atoms with Gasteiger partial charge in [0.2, 0.25) is 0 Å². The second-order valence-electron chi connectivity index (χ2n) is 4.81. The molecule has 0 radical (unpaired) electrons. The van der Waals surface area contributed by atoms with E-state index in [0.29, 0.717) is 18.4 Å². The van der Waals surface area contributed by atoms with Gasteiger partial charge in [0.15, 0.2) is 5.78 Å². The molecule has 1 atom stereocenters. The Kier molecular flexibility index (Phi) is 4.75. The van der Waals surface area contributed by atoms with E-state index in [1.54, 1.807) is 11.3 Å². The fourth-order valence-corrected chi connectivity index (χ4v) is 3.28. The number of ketones is 1. The van der Waals surface area contributed by atoms with Gasteiger partial charge in [-0.1, -0.05) is 25.8 Å². The van der Waals surface area contributed by atoms with Crippen molar-refractivity contribution in [1.82, 2.24) is 4.90 Å². The highest BCUT2D eigenvalue weighted by molar-refractivity contribution is 7.12. The Balaban J connectivity index is 1.93. The largest absolute Gasteiger partial charge is 0.293 e. The van der Waals surface area contributed by atoms with Gasteiger partial charge in [-0.3, -0.25) is 9.69 Å². The molecule has 0 aliphatic carbocycles. The quantitative estimate of drug-likeness (QED) is 0.745. The summed E-state index contributed by atoms with van der Waals surface area (Å²) in [6.45, 7) is 3.95. The molecule has 94 valence electrons. The van der Waals surface area contributed by atoms with Gasteiger partial charge >= 0.3 is 0 Å². The van der Waals surface area contributed by atoms with E-state index >= 15 is 0 Å². The molecule has 1 aliphatic rings. The van der Waals surface area contributed by atoms with Crippen LogP contribution in [0.5, 0.6) is 0 Å². The van der Waals surface area contributed by atoms with Crippen LogP contribution in [0.2, 0.25) is 0 Å². The number of rotatable bonds is 5. The number of thiophene rings is 1. The molecule has 17 heavy (non-hydrogen) atoms. The summed E-state index contributed by atoms with van der Waals surface area (Å²) < 4.78 is 0. The Morgan fingerprint density at radius 1 is 1.53 bits per heavy atom. The van der Waals surface area contributed by atoms with Crippen LogP contribution in [-0.4, -0.2) is 29.8 Å². The Morgan fingerprint density at radius 3 is 3.12 bits per heavy atom. The lowest BCUT2D eigenvalue weighted by Gasteiger charge is -2.35. The highest BCUT2D eigenvalue weighted by Gasteiger charge is 2.23. The first-order valence-electron chi connectivity index (χ1n) is 6.62. The van der Waals surface area contributed by atoms with Crippen molar-refractivity contribution in [3.05, 3.63) is 22.4 Å². The minimum absolute atomic E-state index is 0.294. The van der Waals surface area contributed by atoms with E-state index in [0.717, 1.165) is 11.4 Å². The summed E-state index contributed by atoms with van der Waals surface area (Å²) in [6, 6.07) is 4.53. The Bertz CT molecular complexity index is 345. The fraction of sp³-hybridized carbons (Fsp3) is 0.643. The first kappa shape index (κ1) is 12.8. The molecule has 1 fully saturated rings. The minimum atomic E-state index is 0.294. The zero-order chi connectivity index (χ0) is 12.1. The molecule has 3 heteroatoms. The monoisotopic (exact) mass is 251 g/mol. The van der Waals surface area contributed by atoms with Crippen LogP contribution in [0.4, 0.5) is 0 Å². The third-order valence-corrected chi connectivity index (χ3v) is 4.42.